The molecule has 13 rings (SSSR count). The highest BCUT2D eigenvalue weighted by atomic mass is 16.6. The maximum absolute atomic E-state index is 7.45. The van der Waals surface area contributed by atoms with Gasteiger partial charge in [-0.1, -0.05) is 135 Å². The molecule has 7 aromatic carbocycles. The minimum Gasteiger partial charge on any atom is -0.486 e. The van der Waals surface area contributed by atoms with Gasteiger partial charge in [0.05, 0.1) is 11.4 Å². The predicted octanol–water partition coefficient (Wildman–Crippen LogP) is 14.0. The van der Waals surface area contributed by atoms with Crippen LogP contribution in [0.2, 0.25) is 0 Å². The van der Waals surface area contributed by atoms with E-state index in [-0.39, 0.29) is 23.0 Å². The first-order chi connectivity index (χ1) is 34.1. The summed E-state index contributed by atoms with van der Waals surface area (Å²) < 4.78 is 40.5. The van der Waals surface area contributed by atoms with Crippen LogP contribution in [0.5, 0.6) is 23.0 Å². The van der Waals surface area contributed by atoms with E-state index in [9.17, 15) is 0 Å². The second-order valence-electron chi connectivity index (χ2n) is 22.6. The van der Waals surface area contributed by atoms with E-state index < -0.39 is 0 Å². The molecule has 0 spiro atoms. The van der Waals surface area contributed by atoms with Crippen LogP contribution >= 0.6 is 0 Å². The first-order valence-electron chi connectivity index (χ1n) is 25.0. The molecule has 8 nitrogen and oxygen atoms in total. The molecule has 0 saturated carbocycles. The van der Waals surface area contributed by atoms with Gasteiger partial charge in [0.15, 0.2) is 23.0 Å². The highest BCUT2D eigenvalue weighted by Gasteiger charge is 2.50. The molecule has 0 fully saturated rings. The normalized spacial score (nSPS) is 15.0. The minimum atomic E-state index is -0.311. The maximum Gasteiger partial charge on any atom is 0.262 e. The standard InChI is InChI=1S/C62H57BN2O6/c1-60(2,3)38-20-22-49-43(28-38)55-58(70-49)64(45-34-53-51(66-24-26-68-53)32-41(45)36-16-12-10-13-17-36)47-30-40(62(7,8)9)31-48-57(47)63(55)56-44-29-39(61(4,5)6)21-23-50(44)71-59(56)65(48)46-35-54-52(67-25-27-69-54)33-42(46)37-18-14-11-15-19-37/h10-23,28-35H,24-27H2,1-9H3. The van der Waals surface area contributed by atoms with Crippen LogP contribution in [-0.2, 0) is 16.2 Å². The molecule has 4 aliphatic rings. The number of hydrogen-bond acceptors (Lipinski definition) is 8. The monoisotopic (exact) mass is 936 g/mol. The number of ether oxygens (including phenoxy) is 4. The summed E-state index contributed by atoms with van der Waals surface area (Å²) in [6.45, 7) is 22.1. The first kappa shape index (κ1) is 43.5. The third-order valence-electron chi connectivity index (χ3n) is 14.9. The molecule has 0 amide bonds. The zero-order chi connectivity index (χ0) is 48.7. The molecule has 9 heteroatoms. The second-order valence-corrected chi connectivity index (χ2v) is 22.6. The summed E-state index contributed by atoms with van der Waals surface area (Å²) in [4.78, 5) is 4.76. The Labute approximate surface area is 415 Å². The smallest absolute Gasteiger partial charge is 0.262 e. The molecular formula is C62H57BN2O6. The van der Waals surface area contributed by atoms with Gasteiger partial charge in [0.1, 0.15) is 37.6 Å². The molecular weight excluding hydrogens is 880 g/mol. The summed E-state index contributed by atoms with van der Waals surface area (Å²) in [5.41, 5.74) is 16.0. The van der Waals surface area contributed by atoms with Gasteiger partial charge in [-0.15, -0.1) is 0 Å². The number of hydrogen-bond donors (Lipinski definition) is 0. The molecule has 0 aliphatic carbocycles. The fourth-order valence-corrected chi connectivity index (χ4v) is 11.1. The number of anilines is 6. The van der Waals surface area contributed by atoms with Crippen molar-refractivity contribution in [3.05, 3.63) is 150 Å². The Bertz CT molecular complexity index is 3400. The van der Waals surface area contributed by atoms with E-state index >= 15 is 0 Å². The van der Waals surface area contributed by atoms with Gasteiger partial charge in [-0.3, -0.25) is 9.80 Å². The van der Waals surface area contributed by atoms with Crippen LogP contribution in [0.25, 0.3) is 44.2 Å². The lowest BCUT2D eigenvalue weighted by Gasteiger charge is -2.42. The molecule has 9 aromatic rings. The van der Waals surface area contributed by atoms with E-state index in [2.05, 4.69) is 206 Å². The highest BCUT2D eigenvalue weighted by molar-refractivity contribution is 7.02. The lowest BCUT2D eigenvalue weighted by molar-refractivity contribution is 0.172. The van der Waals surface area contributed by atoms with Gasteiger partial charge in [-0.05, 0) is 98.1 Å². The average molecular weight is 937 g/mol. The fraction of sp³-hybridized carbons (Fsp3) is 0.258. The molecule has 0 N–H and O–H groups in total. The van der Waals surface area contributed by atoms with Crippen LogP contribution in [0.3, 0.4) is 0 Å². The van der Waals surface area contributed by atoms with Crippen molar-refractivity contribution >= 4 is 79.6 Å². The van der Waals surface area contributed by atoms with E-state index in [4.69, 9.17) is 27.8 Å². The third kappa shape index (κ3) is 6.86. The quantitative estimate of drug-likeness (QED) is 0.162. The Hall–Kier alpha value is -7.52. The average Bonchev–Trinajstić information content (AvgIpc) is 3.94. The van der Waals surface area contributed by atoms with Crippen molar-refractivity contribution in [1.29, 1.82) is 0 Å². The lowest BCUT2D eigenvalue weighted by atomic mass is 9.33. The molecule has 6 heterocycles. The van der Waals surface area contributed by atoms with E-state index in [1.807, 2.05) is 0 Å². The number of rotatable bonds is 4. The summed E-state index contributed by atoms with van der Waals surface area (Å²) in [5.74, 6) is 4.37. The van der Waals surface area contributed by atoms with E-state index in [0.29, 0.717) is 37.9 Å². The summed E-state index contributed by atoms with van der Waals surface area (Å²) in [6.07, 6.45) is 0. The van der Waals surface area contributed by atoms with Crippen molar-refractivity contribution in [2.75, 3.05) is 36.2 Å². The van der Waals surface area contributed by atoms with Crippen LogP contribution in [0.15, 0.2) is 142 Å². The van der Waals surface area contributed by atoms with Crippen LogP contribution in [0.4, 0.5) is 34.5 Å². The summed E-state index contributed by atoms with van der Waals surface area (Å²) >= 11 is 0. The molecule has 4 aliphatic heterocycles. The number of fused-ring (bicyclic) bond motifs is 10. The summed E-state index contributed by atoms with van der Waals surface area (Å²) in [6, 6.07) is 48.1. The first-order valence-corrected chi connectivity index (χ1v) is 25.0. The highest BCUT2D eigenvalue weighted by Crippen LogP contribution is 2.55. The summed E-state index contributed by atoms with van der Waals surface area (Å²) in [7, 11) is 0. The van der Waals surface area contributed by atoms with Crippen LogP contribution < -0.4 is 45.1 Å². The van der Waals surface area contributed by atoms with Gasteiger partial charge < -0.3 is 27.8 Å². The Morgan fingerprint density at radius 1 is 0.380 bits per heavy atom. The van der Waals surface area contributed by atoms with Crippen LogP contribution in [-0.4, -0.2) is 33.1 Å². The maximum atomic E-state index is 7.45. The molecule has 354 valence electrons. The van der Waals surface area contributed by atoms with Crippen LogP contribution in [0, 0.1) is 0 Å². The Balaban J connectivity index is 1.22. The molecule has 2 aromatic heterocycles. The van der Waals surface area contributed by atoms with E-state index in [0.717, 1.165) is 112 Å². The van der Waals surface area contributed by atoms with Gasteiger partial charge in [0, 0.05) is 56.3 Å². The topological polar surface area (TPSA) is 69.7 Å². The zero-order valence-electron chi connectivity index (χ0n) is 42.0. The van der Waals surface area contributed by atoms with Crippen molar-refractivity contribution in [3.8, 4) is 45.3 Å². The van der Waals surface area contributed by atoms with Gasteiger partial charge in [-0.2, -0.15) is 0 Å². The molecule has 0 atom stereocenters. The minimum absolute atomic E-state index is 0.127. The van der Waals surface area contributed by atoms with Crippen molar-refractivity contribution in [1.82, 2.24) is 0 Å². The summed E-state index contributed by atoms with van der Waals surface area (Å²) in [5, 5.41) is 2.14. The van der Waals surface area contributed by atoms with Crippen molar-refractivity contribution in [2.45, 2.75) is 78.6 Å². The van der Waals surface area contributed by atoms with Crippen molar-refractivity contribution in [3.63, 3.8) is 0 Å². The fourth-order valence-electron chi connectivity index (χ4n) is 11.1. The van der Waals surface area contributed by atoms with Gasteiger partial charge in [-0.25, -0.2) is 0 Å². The zero-order valence-corrected chi connectivity index (χ0v) is 42.0. The second kappa shape index (κ2) is 15.5. The lowest BCUT2D eigenvalue weighted by Crippen LogP contribution is -2.61. The molecule has 0 bridgehead atoms. The SMILES string of the molecule is CC(C)(C)c1cc2c3c(c1)N(c1cc4c(cc1-c1ccccc1)OCCO4)c1oc4ccc(C(C)(C)C)cc4c1B3c1c(oc3ccc(C(C)(C)C)cc13)N2c1cc2c(cc1-c1ccccc1)OCCO2. The number of benzene rings is 7. The number of nitrogens with zero attached hydrogens (tertiary/aromatic N) is 2. The predicted molar refractivity (Wildman–Crippen MR) is 289 cm³/mol. The third-order valence-corrected chi connectivity index (χ3v) is 14.9. The van der Waals surface area contributed by atoms with E-state index in [1.54, 1.807) is 0 Å². The van der Waals surface area contributed by atoms with Gasteiger partial charge in [0.25, 0.3) is 6.71 Å². The Morgan fingerprint density at radius 2 is 0.761 bits per heavy atom. The number of furan rings is 2. The van der Waals surface area contributed by atoms with Gasteiger partial charge in [0.2, 0.25) is 11.8 Å². The van der Waals surface area contributed by atoms with Crippen LogP contribution in [0.1, 0.15) is 79.0 Å². The molecule has 0 unspecified atom stereocenters. The van der Waals surface area contributed by atoms with Gasteiger partial charge >= 0.3 is 0 Å². The van der Waals surface area contributed by atoms with Crippen molar-refractivity contribution < 1.29 is 27.8 Å². The van der Waals surface area contributed by atoms with Crippen molar-refractivity contribution in [2.24, 2.45) is 0 Å². The Kier molecular flexibility index (Phi) is 9.49. The molecule has 0 saturated heterocycles. The van der Waals surface area contributed by atoms with E-state index in [1.165, 1.54) is 11.1 Å². The molecule has 71 heavy (non-hydrogen) atoms. The largest absolute Gasteiger partial charge is 0.486 e. The Morgan fingerprint density at radius 3 is 1.14 bits per heavy atom. The molecule has 0 radical (unpaired) electrons.